The average molecular weight is 412 g/mol. The summed E-state index contributed by atoms with van der Waals surface area (Å²) < 4.78 is 5.09. The van der Waals surface area contributed by atoms with Gasteiger partial charge in [-0.25, -0.2) is 0 Å². The Morgan fingerprint density at radius 2 is 1.66 bits per heavy atom. The van der Waals surface area contributed by atoms with Crippen LogP contribution in [0.25, 0.3) is 0 Å². The zero-order valence-corrected chi connectivity index (χ0v) is 18.0. The monoisotopic (exact) mass is 411 g/mol. The molecule has 0 aromatic heterocycles. The topological polar surface area (TPSA) is 55.4 Å². The van der Waals surface area contributed by atoms with E-state index in [9.17, 15) is 9.59 Å². The number of esters is 1. The largest absolute Gasteiger partial charge is 0.468 e. The normalized spacial score (nSPS) is 30.4. The molecule has 1 N–H and O–H groups in total. The van der Waals surface area contributed by atoms with Gasteiger partial charge in [-0.1, -0.05) is 40.9 Å². The number of nitrogens with one attached hydrogen (secondary N) is 1. The highest BCUT2D eigenvalue weighted by Crippen LogP contribution is 2.63. The zero-order valence-electron chi connectivity index (χ0n) is 17.2. The van der Waals surface area contributed by atoms with Crippen molar-refractivity contribution >= 4 is 23.4 Å². The van der Waals surface area contributed by atoms with Crippen molar-refractivity contribution in [1.82, 2.24) is 5.32 Å². The van der Waals surface area contributed by atoms with Gasteiger partial charge in [0.15, 0.2) is 5.78 Å². The molecule has 0 spiro atoms. The molecule has 2 atom stereocenters. The third-order valence-corrected chi connectivity index (χ3v) is 7.04. The van der Waals surface area contributed by atoms with E-state index in [-0.39, 0.29) is 23.7 Å². The first-order valence-electron chi connectivity index (χ1n) is 9.94. The molecule has 0 amide bonds. The minimum Gasteiger partial charge on any atom is -0.468 e. The van der Waals surface area contributed by atoms with Gasteiger partial charge in [-0.2, -0.15) is 0 Å². The van der Waals surface area contributed by atoms with Crippen LogP contribution in [0.3, 0.4) is 0 Å². The highest BCUT2D eigenvalue weighted by Gasteiger charge is 2.67. The molecule has 2 bridgehead atoms. The first-order valence-corrected chi connectivity index (χ1v) is 10.3. The highest BCUT2D eigenvalue weighted by atomic mass is 35.5. The van der Waals surface area contributed by atoms with Crippen molar-refractivity contribution in [3.8, 4) is 0 Å². The lowest BCUT2D eigenvalue weighted by atomic mass is 9.46. The molecule has 5 heteroatoms. The van der Waals surface area contributed by atoms with Gasteiger partial charge in [0.05, 0.1) is 12.5 Å². The first kappa shape index (κ1) is 20.1. The predicted molar refractivity (Wildman–Crippen MR) is 113 cm³/mol. The Kier molecular flexibility index (Phi) is 4.83. The fourth-order valence-corrected chi connectivity index (χ4v) is 5.35. The molecule has 0 radical (unpaired) electrons. The summed E-state index contributed by atoms with van der Waals surface area (Å²) in [7, 11) is 1.41. The minimum atomic E-state index is -0.816. The van der Waals surface area contributed by atoms with Crippen molar-refractivity contribution in [2.75, 3.05) is 7.11 Å². The molecule has 152 valence electrons. The highest BCUT2D eigenvalue weighted by molar-refractivity contribution is 6.30. The molecular weight excluding hydrogens is 386 g/mol. The number of ether oxygens (including phenoxy) is 1. The second kappa shape index (κ2) is 6.96. The summed E-state index contributed by atoms with van der Waals surface area (Å²) in [6.07, 6.45) is 1.31. The molecule has 2 aromatic carbocycles. The molecule has 3 aliphatic rings. The maximum Gasteiger partial charge on any atom is 0.326 e. The standard InChI is InChI=1S/C24H26ClNO3/c1-14-9-15(2)11-17(10-14)21(27)24-12-18(13-24)23(3,22(28)29-4)26-20(24)16-5-7-19(25)8-6-16/h5-11,18,20,26H,12-13H2,1-4H3/t18?,20-,23-,24?/m0/s1. The summed E-state index contributed by atoms with van der Waals surface area (Å²) in [6, 6.07) is 13.2. The Hall–Kier alpha value is -2.17. The predicted octanol–water partition coefficient (Wildman–Crippen LogP) is 4.81. The average Bonchev–Trinajstić information content (AvgIpc) is 2.65. The Morgan fingerprint density at radius 1 is 1.07 bits per heavy atom. The minimum absolute atomic E-state index is 0.0633. The van der Waals surface area contributed by atoms with Gasteiger partial charge in [-0.05, 0) is 69.4 Å². The summed E-state index contributed by atoms with van der Waals surface area (Å²) in [5, 5.41) is 4.14. The van der Waals surface area contributed by atoms with Crippen LogP contribution in [0.4, 0.5) is 0 Å². The van der Waals surface area contributed by atoms with Crippen molar-refractivity contribution < 1.29 is 14.3 Å². The van der Waals surface area contributed by atoms with E-state index in [0.29, 0.717) is 17.9 Å². The third kappa shape index (κ3) is 3.10. The van der Waals surface area contributed by atoms with E-state index >= 15 is 0 Å². The number of fused-ring (bicyclic) bond motifs is 2. The van der Waals surface area contributed by atoms with Crippen LogP contribution in [0, 0.1) is 25.2 Å². The van der Waals surface area contributed by atoms with Gasteiger partial charge in [0.25, 0.3) is 0 Å². The number of carbonyl (C=O) groups excluding carboxylic acids is 2. The number of ketones is 1. The van der Waals surface area contributed by atoms with E-state index in [1.807, 2.05) is 57.2 Å². The van der Waals surface area contributed by atoms with Crippen molar-refractivity contribution in [1.29, 1.82) is 0 Å². The Balaban J connectivity index is 1.79. The second-order valence-corrected chi connectivity index (χ2v) is 9.23. The number of aryl methyl sites for hydroxylation is 2. The molecule has 1 saturated carbocycles. The number of methoxy groups -OCH3 is 1. The van der Waals surface area contributed by atoms with Gasteiger partial charge in [-0.3, -0.25) is 14.9 Å². The maximum absolute atomic E-state index is 13.8. The van der Waals surface area contributed by atoms with Gasteiger partial charge in [0, 0.05) is 16.6 Å². The number of benzene rings is 2. The molecule has 0 unspecified atom stereocenters. The van der Waals surface area contributed by atoms with E-state index in [1.54, 1.807) is 0 Å². The Morgan fingerprint density at radius 3 is 2.21 bits per heavy atom. The van der Waals surface area contributed by atoms with Crippen molar-refractivity contribution in [2.45, 2.75) is 45.2 Å². The molecule has 3 fully saturated rings. The van der Waals surface area contributed by atoms with E-state index in [0.717, 1.165) is 22.3 Å². The summed E-state index contributed by atoms with van der Waals surface area (Å²) >= 11 is 6.09. The van der Waals surface area contributed by atoms with Crippen molar-refractivity contribution in [3.05, 3.63) is 69.7 Å². The molecule has 5 rings (SSSR count). The number of rotatable bonds is 4. The number of hydrogen-bond donors (Lipinski definition) is 1. The number of Topliss-reactive ketones (excluding diaryl/α,β-unsaturated/α-hetero) is 1. The van der Waals surface area contributed by atoms with Crippen molar-refractivity contribution in [3.63, 3.8) is 0 Å². The third-order valence-electron chi connectivity index (χ3n) is 6.78. The lowest BCUT2D eigenvalue weighted by Crippen LogP contribution is -2.72. The summed E-state index contributed by atoms with van der Waals surface area (Å²) in [5.74, 6) is -0.0816. The van der Waals surface area contributed by atoms with Crippen molar-refractivity contribution in [2.24, 2.45) is 11.3 Å². The fraction of sp³-hybridized carbons (Fsp3) is 0.417. The molecule has 1 aliphatic carbocycles. The lowest BCUT2D eigenvalue weighted by Gasteiger charge is -2.62. The molecule has 29 heavy (non-hydrogen) atoms. The Bertz CT molecular complexity index is 958. The SMILES string of the molecule is COC(=O)[C@@]1(C)N[C@@H](c2ccc(Cl)cc2)C2(C(=O)c3cc(C)cc(C)c3)CC1C2. The van der Waals surface area contributed by atoms with Crippen LogP contribution in [0.1, 0.15) is 52.9 Å². The quantitative estimate of drug-likeness (QED) is 0.579. The van der Waals surface area contributed by atoms with Gasteiger partial charge >= 0.3 is 5.97 Å². The van der Waals surface area contributed by atoms with E-state index in [1.165, 1.54) is 7.11 Å². The summed E-state index contributed by atoms with van der Waals surface area (Å²) in [5.41, 5.74) is 2.46. The number of carbonyl (C=O) groups is 2. The molecule has 2 saturated heterocycles. The summed E-state index contributed by atoms with van der Waals surface area (Å²) in [4.78, 5) is 26.4. The van der Waals surface area contributed by atoms with Crippen LogP contribution in [0.2, 0.25) is 5.02 Å². The molecule has 4 nitrogen and oxygen atoms in total. The van der Waals surface area contributed by atoms with Crippen LogP contribution >= 0.6 is 11.6 Å². The van der Waals surface area contributed by atoms with Gasteiger partial charge in [0.2, 0.25) is 0 Å². The summed E-state index contributed by atoms with van der Waals surface area (Å²) in [6.45, 7) is 5.90. The van der Waals surface area contributed by atoms with Crippen LogP contribution in [0.5, 0.6) is 0 Å². The maximum atomic E-state index is 13.8. The zero-order chi connectivity index (χ0) is 21.0. The van der Waals surface area contributed by atoms with Crippen LogP contribution in [0.15, 0.2) is 42.5 Å². The number of piperidine rings is 2. The number of hydrogen-bond acceptors (Lipinski definition) is 4. The van der Waals surface area contributed by atoms with Gasteiger partial charge in [0.1, 0.15) is 5.54 Å². The van der Waals surface area contributed by atoms with Gasteiger partial charge in [-0.15, -0.1) is 0 Å². The smallest absolute Gasteiger partial charge is 0.326 e. The van der Waals surface area contributed by atoms with E-state index in [2.05, 4.69) is 11.4 Å². The molecule has 2 aromatic rings. The van der Waals surface area contributed by atoms with Crippen LogP contribution in [-0.4, -0.2) is 24.4 Å². The Labute approximate surface area is 176 Å². The van der Waals surface area contributed by atoms with E-state index in [4.69, 9.17) is 16.3 Å². The van der Waals surface area contributed by atoms with Crippen LogP contribution in [-0.2, 0) is 9.53 Å². The molecular formula is C24H26ClNO3. The fourth-order valence-electron chi connectivity index (χ4n) is 5.22. The molecule has 2 heterocycles. The van der Waals surface area contributed by atoms with E-state index < -0.39 is 11.0 Å². The van der Waals surface area contributed by atoms with Gasteiger partial charge < -0.3 is 4.74 Å². The molecule has 2 aliphatic heterocycles. The number of halogens is 1. The van der Waals surface area contributed by atoms with Crippen LogP contribution < -0.4 is 5.32 Å². The second-order valence-electron chi connectivity index (χ2n) is 8.79. The lowest BCUT2D eigenvalue weighted by molar-refractivity contribution is -0.164. The first-order chi connectivity index (χ1) is 13.7.